The Morgan fingerprint density at radius 2 is 2.22 bits per heavy atom. The molecule has 0 radical (unpaired) electrons. The molecule has 0 aliphatic carbocycles. The molecule has 1 unspecified atom stereocenters. The second-order valence-corrected chi connectivity index (χ2v) is 4.81. The van der Waals surface area contributed by atoms with E-state index in [1.54, 1.807) is 12.1 Å². The molecule has 0 aliphatic heterocycles. The number of carbonyl (C=O) groups is 1. The van der Waals surface area contributed by atoms with Crippen LogP contribution in [0.3, 0.4) is 0 Å². The number of hydrogen-bond acceptors (Lipinski definition) is 3. The smallest absolute Gasteiger partial charge is 0.244 e. The zero-order valence-electron chi connectivity index (χ0n) is 11.1. The van der Waals surface area contributed by atoms with Gasteiger partial charge < -0.3 is 14.8 Å². The third-order valence-electron chi connectivity index (χ3n) is 2.42. The van der Waals surface area contributed by atoms with E-state index < -0.39 is 6.10 Å². The van der Waals surface area contributed by atoms with E-state index in [1.807, 2.05) is 26.8 Å². The maximum absolute atomic E-state index is 11.5. The van der Waals surface area contributed by atoms with Gasteiger partial charge >= 0.3 is 0 Å². The highest BCUT2D eigenvalue weighted by molar-refractivity contribution is 5.91. The lowest BCUT2D eigenvalue weighted by Crippen LogP contribution is -2.31. The molecule has 1 amide bonds. The molecule has 0 spiro atoms. The van der Waals surface area contributed by atoms with Crippen LogP contribution in [0.15, 0.2) is 22.6 Å². The van der Waals surface area contributed by atoms with Crippen LogP contribution in [0.1, 0.15) is 31.8 Å². The van der Waals surface area contributed by atoms with E-state index >= 15 is 0 Å². The molecule has 1 aromatic heterocycles. The first-order chi connectivity index (χ1) is 8.47. The van der Waals surface area contributed by atoms with Gasteiger partial charge in [-0.05, 0) is 37.5 Å². The van der Waals surface area contributed by atoms with Crippen LogP contribution in [-0.4, -0.2) is 23.7 Å². The third-order valence-corrected chi connectivity index (χ3v) is 2.42. The number of rotatable bonds is 6. The molecule has 1 aromatic rings. The van der Waals surface area contributed by atoms with Gasteiger partial charge in [-0.3, -0.25) is 4.79 Å². The first-order valence-corrected chi connectivity index (χ1v) is 6.17. The summed E-state index contributed by atoms with van der Waals surface area (Å²) in [4.78, 5) is 11.5. The fraction of sp³-hybridized carbons (Fsp3) is 0.500. The van der Waals surface area contributed by atoms with Crippen molar-refractivity contribution in [1.82, 2.24) is 5.32 Å². The van der Waals surface area contributed by atoms with E-state index in [-0.39, 0.29) is 12.5 Å². The molecule has 0 saturated heterocycles. The zero-order valence-corrected chi connectivity index (χ0v) is 11.1. The van der Waals surface area contributed by atoms with E-state index in [4.69, 9.17) is 4.42 Å². The maximum Gasteiger partial charge on any atom is 0.244 e. The van der Waals surface area contributed by atoms with Crippen molar-refractivity contribution >= 4 is 12.0 Å². The summed E-state index contributed by atoms with van der Waals surface area (Å²) in [6.07, 6.45) is 3.20. The second-order valence-electron chi connectivity index (χ2n) is 4.81. The Morgan fingerprint density at radius 1 is 1.50 bits per heavy atom. The minimum atomic E-state index is -0.492. The number of hydrogen-bond donors (Lipinski definition) is 2. The van der Waals surface area contributed by atoms with Crippen LogP contribution in [0, 0.1) is 12.8 Å². The van der Waals surface area contributed by atoms with Gasteiger partial charge in [-0.1, -0.05) is 13.8 Å². The number of aliphatic hydroxyl groups is 1. The summed E-state index contributed by atoms with van der Waals surface area (Å²) in [6.45, 7) is 6.19. The van der Waals surface area contributed by atoms with Crippen molar-refractivity contribution in [3.05, 3.63) is 29.7 Å². The van der Waals surface area contributed by atoms with Crippen LogP contribution in [-0.2, 0) is 4.79 Å². The quantitative estimate of drug-likeness (QED) is 0.761. The highest BCUT2D eigenvalue weighted by Crippen LogP contribution is 2.07. The number of aliphatic hydroxyl groups excluding tert-OH is 1. The fourth-order valence-corrected chi connectivity index (χ4v) is 1.61. The molecule has 0 fully saturated rings. The predicted molar refractivity (Wildman–Crippen MR) is 71.0 cm³/mol. The lowest BCUT2D eigenvalue weighted by atomic mass is 10.1. The monoisotopic (exact) mass is 251 g/mol. The van der Waals surface area contributed by atoms with Crippen LogP contribution < -0.4 is 5.32 Å². The van der Waals surface area contributed by atoms with Crippen LogP contribution in [0.4, 0.5) is 0 Å². The molecule has 4 heteroatoms. The maximum atomic E-state index is 11.5. The number of carbonyl (C=O) groups excluding carboxylic acids is 1. The average molecular weight is 251 g/mol. The number of amides is 1. The second kappa shape index (κ2) is 7.01. The van der Waals surface area contributed by atoms with Crippen molar-refractivity contribution < 1.29 is 14.3 Å². The Bertz CT molecular complexity index is 407. The van der Waals surface area contributed by atoms with Crippen molar-refractivity contribution in [1.29, 1.82) is 0 Å². The molecule has 1 atom stereocenters. The van der Waals surface area contributed by atoms with Gasteiger partial charge in [0, 0.05) is 12.6 Å². The highest BCUT2D eigenvalue weighted by atomic mass is 16.3. The first kappa shape index (κ1) is 14.5. The summed E-state index contributed by atoms with van der Waals surface area (Å²) in [5.41, 5.74) is 0. The van der Waals surface area contributed by atoms with Crippen LogP contribution in [0.25, 0.3) is 6.08 Å². The molecule has 0 saturated carbocycles. The SMILES string of the molecule is Cc1ccc(/C=C/C(=O)NCC(O)CC(C)C)o1. The summed E-state index contributed by atoms with van der Waals surface area (Å²) in [6, 6.07) is 3.64. The fourth-order valence-electron chi connectivity index (χ4n) is 1.61. The van der Waals surface area contributed by atoms with E-state index in [1.165, 1.54) is 6.08 Å². The van der Waals surface area contributed by atoms with Gasteiger partial charge in [0.15, 0.2) is 0 Å². The Labute approximate surface area is 108 Å². The topological polar surface area (TPSA) is 62.5 Å². The summed E-state index contributed by atoms with van der Waals surface area (Å²) in [7, 11) is 0. The average Bonchev–Trinajstić information content (AvgIpc) is 2.69. The summed E-state index contributed by atoms with van der Waals surface area (Å²) < 4.78 is 5.30. The van der Waals surface area contributed by atoms with Crippen molar-refractivity contribution in [2.24, 2.45) is 5.92 Å². The molecule has 1 rings (SSSR count). The van der Waals surface area contributed by atoms with Gasteiger partial charge in [0.05, 0.1) is 6.10 Å². The molecule has 0 aromatic carbocycles. The van der Waals surface area contributed by atoms with E-state index in [0.717, 1.165) is 5.76 Å². The number of aryl methyl sites for hydroxylation is 1. The Kier molecular flexibility index (Phi) is 5.65. The van der Waals surface area contributed by atoms with Gasteiger partial charge in [0.2, 0.25) is 5.91 Å². The predicted octanol–water partition coefficient (Wildman–Crippen LogP) is 2.12. The van der Waals surface area contributed by atoms with Crippen LogP contribution >= 0.6 is 0 Å². The number of nitrogens with one attached hydrogen (secondary N) is 1. The van der Waals surface area contributed by atoms with Crippen LogP contribution in [0.2, 0.25) is 0 Å². The van der Waals surface area contributed by atoms with Gasteiger partial charge in [0.25, 0.3) is 0 Å². The van der Waals surface area contributed by atoms with Gasteiger partial charge in [-0.25, -0.2) is 0 Å². The molecule has 2 N–H and O–H groups in total. The zero-order chi connectivity index (χ0) is 13.5. The molecule has 4 nitrogen and oxygen atoms in total. The Morgan fingerprint density at radius 3 is 2.78 bits per heavy atom. The Balaban J connectivity index is 2.31. The molecule has 18 heavy (non-hydrogen) atoms. The summed E-state index contributed by atoms with van der Waals surface area (Å²) >= 11 is 0. The molecule has 0 bridgehead atoms. The van der Waals surface area contributed by atoms with Crippen molar-refractivity contribution in [3.8, 4) is 0 Å². The van der Waals surface area contributed by atoms with E-state index in [2.05, 4.69) is 5.32 Å². The molecule has 100 valence electrons. The minimum Gasteiger partial charge on any atom is -0.462 e. The van der Waals surface area contributed by atoms with Crippen molar-refractivity contribution in [2.75, 3.05) is 6.54 Å². The normalized spacial score (nSPS) is 13.2. The van der Waals surface area contributed by atoms with Gasteiger partial charge in [0.1, 0.15) is 11.5 Å². The van der Waals surface area contributed by atoms with Crippen molar-refractivity contribution in [2.45, 2.75) is 33.3 Å². The molecule has 0 aliphatic rings. The third kappa shape index (κ3) is 5.68. The minimum absolute atomic E-state index is 0.230. The van der Waals surface area contributed by atoms with E-state index in [9.17, 15) is 9.90 Å². The Hall–Kier alpha value is -1.55. The lowest BCUT2D eigenvalue weighted by molar-refractivity contribution is -0.116. The van der Waals surface area contributed by atoms with Crippen molar-refractivity contribution in [3.63, 3.8) is 0 Å². The summed E-state index contributed by atoms with van der Waals surface area (Å²) in [5, 5.41) is 12.2. The highest BCUT2D eigenvalue weighted by Gasteiger charge is 2.07. The van der Waals surface area contributed by atoms with E-state index in [0.29, 0.717) is 18.1 Å². The lowest BCUT2D eigenvalue weighted by Gasteiger charge is -2.12. The van der Waals surface area contributed by atoms with Gasteiger partial charge in [-0.2, -0.15) is 0 Å². The molecular formula is C14H21NO3. The number of furan rings is 1. The summed E-state index contributed by atoms with van der Waals surface area (Å²) in [5.74, 6) is 1.64. The first-order valence-electron chi connectivity index (χ1n) is 6.17. The van der Waals surface area contributed by atoms with Gasteiger partial charge in [-0.15, -0.1) is 0 Å². The largest absolute Gasteiger partial charge is 0.462 e. The standard InChI is InChI=1S/C14H21NO3/c1-10(2)8-12(16)9-15-14(17)7-6-13-5-4-11(3)18-13/h4-7,10,12,16H,8-9H2,1-3H3,(H,15,17)/b7-6+. The van der Waals surface area contributed by atoms with Crippen LogP contribution in [0.5, 0.6) is 0 Å². The molecular weight excluding hydrogens is 230 g/mol. The molecule has 1 heterocycles.